The number of allylic oxidation sites excluding steroid dienone is 2. The van der Waals surface area contributed by atoms with Crippen LogP contribution < -0.4 is 0 Å². The summed E-state index contributed by atoms with van der Waals surface area (Å²) in [5, 5.41) is 0. The van der Waals surface area contributed by atoms with Crippen molar-refractivity contribution >= 4 is 0 Å². The second-order valence-corrected chi connectivity index (χ2v) is 3.56. The van der Waals surface area contributed by atoms with Crippen molar-refractivity contribution in [1.82, 2.24) is 0 Å². The highest BCUT2D eigenvalue weighted by Gasteiger charge is 2.27. The first-order valence-electron chi connectivity index (χ1n) is 4.03. The molecule has 0 saturated heterocycles. The topological polar surface area (TPSA) is 0 Å². The highest BCUT2D eigenvalue weighted by molar-refractivity contribution is 5.11. The average molecular weight is 122 g/mol. The molecule has 0 N–H and O–H groups in total. The Labute approximate surface area is 57.0 Å². The summed E-state index contributed by atoms with van der Waals surface area (Å²) in [7, 11) is 0. The van der Waals surface area contributed by atoms with E-state index < -0.39 is 0 Å². The summed E-state index contributed by atoms with van der Waals surface area (Å²) in [5.74, 6) is 2.06. The Morgan fingerprint density at radius 2 is 2.33 bits per heavy atom. The molecule has 2 aliphatic rings. The molecule has 0 aromatic heterocycles. The van der Waals surface area contributed by atoms with Gasteiger partial charge in [0.05, 0.1) is 0 Å². The minimum absolute atomic E-state index is 0.990. The maximum atomic E-state index is 2.45. The standard InChI is InChI=1S/C9H14/c1-7-2-3-8-4-5-9(7)6-8/h2,8-9H,3-6H2,1H3. The van der Waals surface area contributed by atoms with E-state index in [1.54, 1.807) is 5.57 Å². The van der Waals surface area contributed by atoms with Crippen LogP contribution >= 0.6 is 0 Å². The summed E-state index contributed by atoms with van der Waals surface area (Å²) >= 11 is 0. The van der Waals surface area contributed by atoms with Gasteiger partial charge in [0.2, 0.25) is 0 Å². The van der Waals surface area contributed by atoms with E-state index in [4.69, 9.17) is 0 Å². The smallest absolute Gasteiger partial charge is 0.0203 e. The van der Waals surface area contributed by atoms with Crippen molar-refractivity contribution in [3.05, 3.63) is 11.6 Å². The molecule has 2 unspecified atom stereocenters. The van der Waals surface area contributed by atoms with Gasteiger partial charge in [-0.2, -0.15) is 0 Å². The summed E-state index contributed by atoms with van der Waals surface area (Å²) in [6.07, 6.45) is 8.31. The van der Waals surface area contributed by atoms with Crippen molar-refractivity contribution in [2.75, 3.05) is 0 Å². The molecular formula is C9H14. The monoisotopic (exact) mass is 122 g/mol. The second kappa shape index (κ2) is 1.86. The van der Waals surface area contributed by atoms with Gasteiger partial charge in [-0.3, -0.25) is 0 Å². The summed E-state index contributed by atoms with van der Waals surface area (Å²) in [6, 6.07) is 0. The molecule has 0 heterocycles. The fourth-order valence-electron chi connectivity index (χ4n) is 2.22. The second-order valence-electron chi connectivity index (χ2n) is 3.56. The third-order valence-electron chi connectivity index (χ3n) is 2.96. The SMILES string of the molecule is CC1=CCC2CCC1C2. The van der Waals surface area contributed by atoms with Gasteiger partial charge >= 0.3 is 0 Å². The van der Waals surface area contributed by atoms with Gasteiger partial charge in [-0.25, -0.2) is 0 Å². The number of fused-ring (bicyclic) bond motifs is 2. The van der Waals surface area contributed by atoms with Gasteiger partial charge in [-0.05, 0) is 44.4 Å². The molecule has 2 atom stereocenters. The fraction of sp³-hybridized carbons (Fsp3) is 0.778. The van der Waals surface area contributed by atoms with E-state index in [9.17, 15) is 0 Å². The van der Waals surface area contributed by atoms with Crippen molar-refractivity contribution in [3.63, 3.8) is 0 Å². The Hall–Kier alpha value is -0.260. The Balaban J connectivity index is 2.21. The molecule has 50 valence electrons. The molecule has 0 aromatic rings. The Morgan fingerprint density at radius 3 is 3.11 bits per heavy atom. The van der Waals surface area contributed by atoms with E-state index >= 15 is 0 Å². The Bertz CT molecular complexity index is 144. The van der Waals surface area contributed by atoms with Crippen molar-refractivity contribution in [1.29, 1.82) is 0 Å². The van der Waals surface area contributed by atoms with E-state index in [0.717, 1.165) is 11.8 Å². The van der Waals surface area contributed by atoms with Crippen molar-refractivity contribution in [2.45, 2.75) is 32.6 Å². The van der Waals surface area contributed by atoms with Crippen LogP contribution in [0, 0.1) is 11.8 Å². The van der Waals surface area contributed by atoms with Gasteiger partial charge in [0.15, 0.2) is 0 Å². The molecule has 2 aliphatic carbocycles. The Kier molecular flexibility index (Phi) is 1.14. The summed E-state index contributed by atoms with van der Waals surface area (Å²) in [6.45, 7) is 2.30. The lowest BCUT2D eigenvalue weighted by molar-refractivity contribution is 0.504. The van der Waals surface area contributed by atoms with E-state index in [2.05, 4.69) is 13.0 Å². The zero-order valence-electron chi connectivity index (χ0n) is 6.06. The largest absolute Gasteiger partial charge is 0.0851 e. The zero-order valence-corrected chi connectivity index (χ0v) is 6.06. The molecule has 9 heavy (non-hydrogen) atoms. The van der Waals surface area contributed by atoms with Crippen LogP contribution in [0.2, 0.25) is 0 Å². The summed E-state index contributed by atoms with van der Waals surface area (Å²) in [5.41, 5.74) is 1.67. The number of rotatable bonds is 0. The minimum Gasteiger partial charge on any atom is -0.0851 e. The molecule has 2 rings (SSSR count). The molecule has 1 fully saturated rings. The first-order chi connectivity index (χ1) is 4.36. The van der Waals surface area contributed by atoms with E-state index in [1.165, 1.54) is 25.7 Å². The molecule has 2 bridgehead atoms. The molecule has 0 heteroatoms. The molecule has 0 amide bonds. The minimum atomic E-state index is 0.990. The predicted octanol–water partition coefficient (Wildman–Crippen LogP) is 2.75. The Morgan fingerprint density at radius 1 is 1.44 bits per heavy atom. The molecule has 1 saturated carbocycles. The van der Waals surface area contributed by atoms with E-state index in [0.29, 0.717) is 0 Å². The van der Waals surface area contributed by atoms with Crippen LogP contribution in [0.4, 0.5) is 0 Å². The van der Waals surface area contributed by atoms with Crippen LogP contribution in [0.3, 0.4) is 0 Å². The van der Waals surface area contributed by atoms with Crippen molar-refractivity contribution in [3.8, 4) is 0 Å². The van der Waals surface area contributed by atoms with Crippen LogP contribution in [0.5, 0.6) is 0 Å². The molecule has 0 aliphatic heterocycles. The first kappa shape index (κ1) is 5.52. The maximum absolute atomic E-state index is 2.45. The summed E-state index contributed by atoms with van der Waals surface area (Å²) in [4.78, 5) is 0. The van der Waals surface area contributed by atoms with Crippen LogP contribution in [0.25, 0.3) is 0 Å². The maximum Gasteiger partial charge on any atom is -0.0203 e. The average Bonchev–Trinajstić information content (AvgIpc) is 2.25. The van der Waals surface area contributed by atoms with Crippen LogP contribution in [0.15, 0.2) is 11.6 Å². The van der Waals surface area contributed by atoms with Gasteiger partial charge in [-0.1, -0.05) is 11.6 Å². The van der Waals surface area contributed by atoms with E-state index in [1.807, 2.05) is 0 Å². The normalized spacial score (nSPS) is 40.8. The third-order valence-corrected chi connectivity index (χ3v) is 2.96. The third kappa shape index (κ3) is 0.810. The van der Waals surface area contributed by atoms with E-state index in [-0.39, 0.29) is 0 Å². The van der Waals surface area contributed by atoms with Gasteiger partial charge < -0.3 is 0 Å². The highest BCUT2D eigenvalue weighted by Crippen LogP contribution is 2.41. The lowest BCUT2D eigenvalue weighted by Crippen LogP contribution is -2.03. The summed E-state index contributed by atoms with van der Waals surface area (Å²) < 4.78 is 0. The molecule has 0 spiro atoms. The predicted molar refractivity (Wildman–Crippen MR) is 39.2 cm³/mol. The lowest BCUT2D eigenvalue weighted by atomic mass is 9.90. The molecule has 0 nitrogen and oxygen atoms in total. The quantitative estimate of drug-likeness (QED) is 0.433. The zero-order chi connectivity index (χ0) is 6.27. The molecule has 0 radical (unpaired) electrons. The van der Waals surface area contributed by atoms with Crippen LogP contribution in [0.1, 0.15) is 32.6 Å². The van der Waals surface area contributed by atoms with Crippen molar-refractivity contribution in [2.24, 2.45) is 11.8 Å². The van der Waals surface area contributed by atoms with Gasteiger partial charge in [0.1, 0.15) is 0 Å². The molecule has 0 aromatic carbocycles. The molecular weight excluding hydrogens is 108 g/mol. The fourth-order valence-corrected chi connectivity index (χ4v) is 2.22. The lowest BCUT2D eigenvalue weighted by Gasteiger charge is -2.16. The van der Waals surface area contributed by atoms with Crippen LogP contribution in [-0.2, 0) is 0 Å². The van der Waals surface area contributed by atoms with Gasteiger partial charge in [-0.15, -0.1) is 0 Å². The highest BCUT2D eigenvalue weighted by atomic mass is 14.3. The number of hydrogen-bond acceptors (Lipinski definition) is 0. The number of hydrogen-bond donors (Lipinski definition) is 0. The van der Waals surface area contributed by atoms with Crippen LogP contribution in [-0.4, -0.2) is 0 Å². The van der Waals surface area contributed by atoms with Crippen molar-refractivity contribution < 1.29 is 0 Å². The van der Waals surface area contributed by atoms with Gasteiger partial charge in [0.25, 0.3) is 0 Å². The van der Waals surface area contributed by atoms with Gasteiger partial charge in [0, 0.05) is 0 Å². The first-order valence-corrected chi connectivity index (χ1v) is 4.03.